The van der Waals surface area contributed by atoms with Crippen molar-refractivity contribution in [3.05, 3.63) is 29.3 Å². The normalized spacial score (nSPS) is 22.8. The molecule has 0 radical (unpaired) electrons. The second-order valence-electron chi connectivity index (χ2n) is 5.45. The van der Waals surface area contributed by atoms with E-state index in [0.29, 0.717) is 5.78 Å². The van der Waals surface area contributed by atoms with E-state index in [1.165, 1.54) is 11.1 Å². The van der Waals surface area contributed by atoms with Crippen LogP contribution in [0, 0.1) is 5.92 Å². The van der Waals surface area contributed by atoms with E-state index in [9.17, 15) is 4.79 Å². The number of aryl methyl sites for hydroxylation is 1. The predicted molar refractivity (Wildman–Crippen MR) is 77.8 cm³/mol. The lowest BCUT2D eigenvalue weighted by molar-refractivity contribution is -0.124. The van der Waals surface area contributed by atoms with E-state index < -0.39 is 0 Å². The van der Waals surface area contributed by atoms with E-state index in [1.807, 2.05) is 6.07 Å². The minimum atomic E-state index is 0.0833. The molecule has 104 valence electrons. The van der Waals surface area contributed by atoms with Crippen LogP contribution in [-0.2, 0) is 11.2 Å². The first kappa shape index (κ1) is 14.1. The predicted octanol–water partition coefficient (Wildman–Crippen LogP) is 4.12. The summed E-state index contributed by atoms with van der Waals surface area (Å²) >= 11 is 0. The summed E-state index contributed by atoms with van der Waals surface area (Å²) in [5, 5.41) is 0. The number of fused-ring (bicyclic) bond motifs is 1. The van der Waals surface area contributed by atoms with E-state index in [0.717, 1.165) is 37.9 Å². The van der Waals surface area contributed by atoms with Crippen molar-refractivity contribution in [1.29, 1.82) is 0 Å². The quantitative estimate of drug-likeness (QED) is 0.761. The third-order valence-electron chi connectivity index (χ3n) is 4.28. The Bertz CT molecular complexity index is 451. The summed E-state index contributed by atoms with van der Waals surface area (Å²) in [6.07, 6.45) is 5.01. The Hall–Kier alpha value is -1.31. The first-order valence-electron chi connectivity index (χ1n) is 7.41. The van der Waals surface area contributed by atoms with Crippen molar-refractivity contribution in [3.8, 4) is 5.75 Å². The van der Waals surface area contributed by atoms with Crippen molar-refractivity contribution < 1.29 is 9.53 Å². The molecule has 2 nitrogen and oxygen atoms in total. The molecule has 0 amide bonds. The average Bonchev–Trinajstić information content (AvgIpc) is 2.56. The molecule has 2 atom stereocenters. The van der Waals surface area contributed by atoms with Crippen LogP contribution >= 0.6 is 0 Å². The Morgan fingerprint density at radius 3 is 2.74 bits per heavy atom. The van der Waals surface area contributed by atoms with Gasteiger partial charge >= 0.3 is 0 Å². The molecule has 1 aliphatic carbocycles. The van der Waals surface area contributed by atoms with Crippen molar-refractivity contribution in [2.75, 3.05) is 7.11 Å². The highest BCUT2D eigenvalue weighted by Crippen LogP contribution is 2.36. The largest absolute Gasteiger partial charge is 0.497 e. The van der Waals surface area contributed by atoms with Gasteiger partial charge in [0, 0.05) is 11.8 Å². The SMILES string of the molecule is CCCC1CCc2cc(OC)ccc2C(CC)C1=O. The molecule has 1 aromatic carbocycles. The van der Waals surface area contributed by atoms with Gasteiger partial charge in [0.25, 0.3) is 0 Å². The zero-order valence-corrected chi connectivity index (χ0v) is 12.2. The number of rotatable bonds is 4. The maximum atomic E-state index is 12.7. The summed E-state index contributed by atoms with van der Waals surface area (Å²) in [6, 6.07) is 6.18. The lowest BCUT2D eigenvalue weighted by atomic mass is 9.84. The number of Topliss-reactive ketones (excluding diaryl/α,β-unsaturated/α-hetero) is 1. The molecule has 19 heavy (non-hydrogen) atoms. The van der Waals surface area contributed by atoms with Crippen LogP contribution in [0.15, 0.2) is 18.2 Å². The summed E-state index contributed by atoms with van der Waals surface area (Å²) < 4.78 is 5.31. The van der Waals surface area contributed by atoms with Gasteiger partial charge in [-0.1, -0.05) is 26.3 Å². The van der Waals surface area contributed by atoms with Crippen LogP contribution in [0.2, 0.25) is 0 Å². The van der Waals surface area contributed by atoms with E-state index in [1.54, 1.807) is 7.11 Å². The number of benzene rings is 1. The molecular weight excluding hydrogens is 236 g/mol. The molecule has 0 N–H and O–H groups in total. The number of methoxy groups -OCH3 is 1. The lowest BCUT2D eigenvalue weighted by Crippen LogP contribution is -2.20. The molecule has 0 bridgehead atoms. The number of carbonyl (C=O) groups is 1. The smallest absolute Gasteiger partial charge is 0.143 e. The van der Waals surface area contributed by atoms with Gasteiger partial charge in [-0.25, -0.2) is 0 Å². The maximum Gasteiger partial charge on any atom is 0.143 e. The second-order valence-corrected chi connectivity index (χ2v) is 5.45. The highest BCUT2D eigenvalue weighted by Gasteiger charge is 2.31. The molecule has 0 spiro atoms. The first-order chi connectivity index (χ1) is 9.21. The maximum absolute atomic E-state index is 12.7. The van der Waals surface area contributed by atoms with Gasteiger partial charge in [0.1, 0.15) is 11.5 Å². The number of hydrogen-bond donors (Lipinski definition) is 0. The van der Waals surface area contributed by atoms with Crippen LogP contribution < -0.4 is 4.74 Å². The second kappa shape index (κ2) is 6.23. The third kappa shape index (κ3) is 2.83. The molecule has 0 aliphatic heterocycles. The summed E-state index contributed by atoms with van der Waals surface area (Å²) in [4.78, 5) is 12.7. The Balaban J connectivity index is 2.37. The van der Waals surface area contributed by atoms with E-state index >= 15 is 0 Å². The summed E-state index contributed by atoms with van der Waals surface area (Å²) in [5.41, 5.74) is 2.53. The van der Waals surface area contributed by atoms with Crippen molar-refractivity contribution in [2.45, 2.75) is 51.9 Å². The monoisotopic (exact) mass is 260 g/mol. The molecular formula is C17H24O2. The summed E-state index contributed by atoms with van der Waals surface area (Å²) in [6.45, 7) is 4.28. The fraction of sp³-hybridized carbons (Fsp3) is 0.588. The molecule has 0 heterocycles. The van der Waals surface area contributed by atoms with E-state index in [2.05, 4.69) is 26.0 Å². The van der Waals surface area contributed by atoms with Gasteiger partial charge in [-0.05, 0) is 48.9 Å². The van der Waals surface area contributed by atoms with Gasteiger partial charge < -0.3 is 4.74 Å². The Morgan fingerprint density at radius 1 is 1.32 bits per heavy atom. The van der Waals surface area contributed by atoms with Crippen molar-refractivity contribution in [1.82, 2.24) is 0 Å². The fourth-order valence-electron chi connectivity index (χ4n) is 3.23. The highest BCUT2D eigenvalue weighted by atomic mass is 16.5. The molecule has 2 heteroatoms. The van der Waals surface area contributed by atoms with Crippen LogP contribution in [0.1, 0.15) is 56.6 Å². The summed E-state index contributed by atoms with van der Waals surface area (Å²) in [7, 11) is 1.70. The van der Waals surface area contributed by atoms with Crippen LogP contribution in [0.4, 0.5) is 0 Å². The first-order valence-corrected chi connectivity index (χ1v) is 7.41. The molecule has 0 aromatic heterocycles. The van der Waals surface area contributed by atoms with Gasteiger partial charge in [-0.3, -0.25) is 4.79 Å². The molecule has 2 rings (SSSR count). The van der Waals surface area contributed by atoms with Crippen LogP contribution in [-0.4, -0.2) is 12.9 Å². The average molecular weight is 260 g/mol. The molecule has 0 fully saturated rings. The summed E-state index contributed by atoms with van der Waals surface area (Å²) in [5.74, 6) is 1.68. The van der Waals surface area contributed by atoms with Crippen molar-refractivity contribution in [2.24, 2.45) is 5.92 Å². The molecule has 0 saturated heterocycles. The standard InChI is InChI=1S/C17H24O2/c1-4-6-12-7-8-13-11-14(19-3)9-10-16(13)15(5-2)17(12)18/h9-12,15H,4-8H2,1-3H3. The van der Waals surface area contributed by atoms with Crippen LogP contribution in [0.3, 0.4) is 0 Å². The molecule has 1 aromatic rings. The molecule has 2 unspecified atom stereocenters. The van der Waals surface area contributed by atoms with E-state index in [-0.39, 0.29) is 11.8 Å². The zero-order chi connectivity index (χ0) is 13.8. The van der Waals surface area contributed by atoms with Gasteiger partial charge in [0.2, 0.25) is 0 Å². The Morgan fingerprint density at radius 2 is 2.11 bits per heavy atom. The number of hydrogen-bond acceptors (Lipinski definition) is 2. The topological polar surface area (TPSA) is 26.3 Å². The van der Waals surface area contributed by atoms with Crippen molar-refractivity contribution >= 4 is 5.78 Å². The van der Waals surface area contributed by atoms with Crippen molar-refractivity contribution in [3.63, 3.8) is 0 Å². The molecule has 0 saturated carbocycles. The van der Waals surface area contributed by atoms with E-state index in [4.69, 9.17) is 4.74 Å². The number of ketones is 1. The molecule has 1 aliphatic rings. The minimum absolute atomic E-state index is 0.0833. The lowest BCUT2D eigenvalue weighted by Gasteiger charge is -2.18. The number of ether oxygens (including phenoxy) is 1. The highest BCUT2D eigenvalue weighted by molar-refractivity contribution is 5.88. The zero-order valence-electron chi connectivity index (χ0n) is 12.2. The number of carbonyl (C=O) groups excluding carboxylic acids is 1. The minimum Gasteiger partial charge on any atom is -0.497 e. The fourth-order valence-corrected chi connectivity index (χ4v) is 3.23. The van der Waals surface area contributed by atoms with Crippen LogP contribution in [0.25, 0.3) is 0 Å². The Labute approximate surface area is 116 Å². The third-order valence-corrected chi connectivity index (χ3v) is 4.28. The van der Waals surface area contributed by atoms with Gasteiger partial charge in [-0.2, -0.15) is 0 Å². The van der Waals surface area contributed by atoms with Gasteiger partial charge in [0.05, 0.1) is 7.11 Å². The van der Waals surface area contributed by atoms with Gasteiger partial charge in [0.15, 0.2) is 0 Å². The Kier molecular flexibility index (Phi) is 4.62. The van der Waals surface area contributed by atoms with Crippen LogP contribution in [0.5, 0.6) is 5.75 Å². The van der Waals surface area contributed by atoms with Gasteiger partial charge in [-0.15, -0.1) is 0 Å².